The molecule has 0 aliphatic rings. The number of nitriles is 2. The second kappa shape index (κ2) is 10.9. The quantitative estimate of drug-likeness (QED) is 0.195. The Kier molecular flexibility index (Phi) is 6.59. The van der Waals surface area contributed by atoms with Crippen LogP contribution >= 0.6 is 0 Å². The molecule has 0 unspecified atom stereocenters. The van der Waals surface area contributed by atoms with Crippen molar-refractivity contribution in [2.45, 2.75) is 13.8 Å². The number of hydrogen-bond acceptors (Lipinski definition) is 5. The summed E-state index contributed by atoms with van der Waals surface area (Å²) in [6.07, 6.45) is 0. The fourth-order valence-corrected chi connectivity index (χ4v) is 5.96. The summed E-state index contributed by atoms with van der Waals surface area (Å²) in [7, 11) is 0. The van der Waals surface area contributed by atoms with E-state index in [1.54, 1.807) is 6.07 Å². The molecule has 5 aromatic carbocycles. The van der Waals surface area contributed by atoms with Crippen molar-refractivity contribution in [2.75, 3.05) is 0 Å². The zero-order valence-electron chi connectivity index (χ0n) is 24.4. The molecular formula is C38H23N7. The van der Waals surface area contributed by atoms with Crippen molar-refractivity contribution in [1.29, 1.82) is 10.5 Å². The van der Waals surface area contributed by atoms with E-state index in [1.807, 2.05) is 86.6 Å². The average molecular weight is 578 g/mol. The second-order valence-corrected chi connectivity index (χ2v) is 10.7. The summed E-state index contributed by atoms with van der Waals surface area (Å²) in [6.45, 7) is 11.4. The normalized spacial score (nSPS) is 10.8. The number of fused-ring (bicyclic) bond motifs is 3. The molecule has 0 aliphatic carbocycles. The Labute approximate surface area is 259 Å². The molecule has 0 N–H and O–H groups in total. The van der Waals surface area contributed by atoms with Gasteiger partial charge in [0.2, 0.25) is 0 Å². The van der Waals surface area contributed by atoms with Gasteiger partial charge in [0.1, 0.15) is 17.7 Å². The number of rotatable bonds is 4. The van der Waals surface area contributed by atoms with Crippen LogP contribution in [0.3, 0.4) is 0 Å². The van der Waals surface area contributed by atoms with Gasteiger partial charge in [-0.25, -0.2) is 19.8 Å². The van der Waals surface area contributed by atoms with E-state index in [-0.39, 0.29) is 0 Å². The zero-order chi connectivity index (χ0) is 31.1. The molecule has 0 spiro atoms. The van der Waals surface area contributed by atoms with E-state index in [2.05, 4.69) is 60.8 Å². The van der Waals surface area contributed by atoms with Gasteiger partial charge in [-0.1, -0.05) is 66.7 Å². The van der Waals surface area contributed by atoms with Crippen LogP contribution in [0.2, 0.25) is 0 Å². The van der Waals surface area contributed by atoms with Crippen molar-refractivity contribution in [2.24, 2.45) is 0 Å². The largest absolute Gasteiger partial charge is 0.308 e. The van der Waals surface area contributed by atoms with E-state index in [0.29, 0.717) is 40.0 Å². The summed E-state index contributed by atoms with van der Waals surface area (Å²) < 4.78 is 2.09. The van der Waals surface area contributed by atoms with Crippen molar-refractivity contribution < 1.29 is 0 Å². The standard InChI is InChI=1S/C38H23N7/c1-23-42-24(2)44-38(43-23)27-12-13-29(22-40)35(20-27)45-36-18-25(30-9-5-4-8-28(30)21-39)14-16-32(36)33-17-15-26(19-37(33)45)31-10-6-7-11-34(31)41-3/h4-20H,1-2H3. The number of aromatic nitrogens is 4. The first kappa shape index (κ1) is 27.2. The first-order chi connectivity index (χ1) is 22.0. The maximum Gasteiger partial charge on any atom is 0.194 e. The maximum absolute atomic E-state index is 10.3. The highest BCUT2D eigenvalue weighted by Crippen LogP contribution is 2.40. The molecule has 0 aliphatic heterocycles. The predicted molar refractivity (Wildman–Crippen MR) is 176 cm³/mol. The molecule has 7 heteroatoms. The van der Waals surface area contributed by atoms with E-state index in [9.17, 15) is 10.5 Å². The molecule has 2 heterocycles. The van der Waals surface area contributed by atoms with Gasteiger partial charge in [0.05, 0.1) is 40.5 Å². The minimum Gasteiger partial charge on any atom is -0.308 e. The van der Waals surface area contributed by atoms with Crippen LogP contribution in [-0.4, -0.2) is 19.5 Å². The Bertz CT molecular complexity index is 2310. The van der Waals surface area contributed by atoms with E-state index >= 15 is 0 Å². The smallest absolute Gasteiger partial charge is 0.194 e. The first-order valence-electron chi connectivity index (χ1n) is 14.3. The topological polar surface area (TPSA) is 95.5 Å². The summed E-state index contributed by atoms with van der Waals surface area (Å²) in [6, 6.07) is 37.7. The van der Waals surface area contributed by atoms with Gasteiger partial charge in [-0.05, 0) is 72.5 Å². The van der Waals surface area contributed by atoms with Crippen molar-refractivity contribution in [3.05, 3.63) is 137 Å². The SMILES string of the molecule is [C-]#[N+]c1ccccc1-c1ccc2c3ccc(-c4ccccc4C#N)cc3n(-c3cc(-c4nc(C)nc(C)n4)ccc3C#N)c2c1. The van der Waals surface area contributed by atoms with Gasteiger partial charge < -0.3 is 4.57 Å². The van der Waals surface area contributed by atoms with E-state index < -0.39 is 0 Å². The van der Waals surface area contributed by atoms with Gasteiger partial charge in [-0.3, -0.25) is 0 Å². The van der Waals surface area contributed by atoms with E-state index in [4.69, 9.17) is 6.57 Å². The van der Waals surface area contributed by atoms with Crippen LogP contribution in [0.4, 0.5) is 5.69 Å². The summed E-state index contributed by atoms with van der Waals surface area (Å²) >= 11 is 0. The summed E-state index contributed by atoms with van der Waals surface area (Å²) in [4.78, 5) is 17.2. The number of para-hydroxylation sites is 1. The van der Waals surface area contributed by atoms with Crippen molar-refractivity contribution in [1.82, 2.24) is 19.5 Å². The molecule has 45 heavy (non-hydrogen) atoms. The molecule has 7 nitrogen and oxygen atoms in total. The minimum absolute atomic E-state index is 0.481. The van der Waals surface area contributed by atoms with Gasteiger partial charge in [-0.2, -0.15) is 10.5 Å². The molecule has 0 amide bonds. The number of benzene rings is 5. The lowest BCUT2D eigenvalue weighted by Crippen LogP contribution is -2.02. The number of nitrogens with zero attached hydrogens (tertiary/aromatic N) is 7. The molecular weight excluding hydrogens is 554 g/mol. The second-order valence-electron chi connectivity index (χ2n) is 10.7. The van der Waals surface area contributed by atoms with Crippen LogP contribution in [0.1, 0.15) is 22.8 Å². The van der Waals surface area contributed by atoms with Crippen molar-refractivity contribution in [3.8, 4) is 51.5 Å². The Balaban J connectivity index is 1.58. The number of aryl methyl sites for hydroxylation is 2. The maximum atomic E-state index is 10.3. The van der Waals surface area contributed by atoms with Crippen molar-refractivity contribution in [3.63, 3.8) is 0 Å². The average Bonchev–Trinajstić information content (AvgIpc) is 3.40. The van der Waals surface area contributed by atoms with Crippen LogP contribution in [-0.2, 0) is 0 Å². The fourth-order valence-electron chi connectivity index (χ4n) is 5.96. The van der Waals surface area contributed by atoms with Gasteiger partial charge in [0, 0.05) is 16.3 Å². The highest BCUT2D eigenvalue weighted by atomic mass is 15.0. The highest BCUT2D eigenvalue weighted by molar-refractivity contribution is 6.11. The minimum atomic E-state index is 0.481. The third-order valence-corrected chi connectivity index (χ3v) is 7.94. The molecule has 0 saturated heterocycles. The van der Waals surface area contributed by atoms with Gasteiger partial charge in [0.15, 0.2) is 11.5 Å². The monoisotopic (exact) mass is 577 g/mol. The molecule has 2 aromatic heterocycles. The Morgan fingerprint density at radius 3 is 1.84 bits per heavy atom. The third-order valence-electron chi connectivity index (χ3n) is 7.94. The van der Waals surface area contributed by atoms with Crippen LogP contribution in [0.15, 0.2) is 103 Å². The highest BCUT2D eigenvalue weighted by Gasteiger charge is 2.19. The van der Waals surface area contributed by atoms with Crippen LogP contribution in [0, 0.1) is 43.1 Å². The number of hydrogen-bond donors (Lipinski definition) is 0. The van der Waals surface area contributed by atoms with Crippen LogP contribution < -0.4 is 0 Å². The lowest BCUT2D eigenvalue weighted by Gasteiger charge is -2.14. The molecule has 0 saturated carbocycles. The Morgan fingerprint density at radius 2 is 1.20 bits per heavy atom. The summed E-state index contributed by atoms with van der Waals surface area (Å²) in [5, 5.41) is 22.2. The third kappa shape index (κ3) is 4.64. The van der Waals surface area contributed by atoms with Crippen LogP contribution in [0.25, 0.3) is 66.0 Å². The molecule has 0 radical (unpaired) electrons. The molecule has 0 atom stereocenters. The molecule has 0 bridgehead atoms. The lowest BCUT2D eigenvalue weighted by molar-refractivity contribution is 0.928. The van der Waals surface area contributed by atoms with E-state index in [0.717, 1.165) is 49.6 Å². The lowest BCUT2D eigenvalue weighted by atomic mass is 9.98. The Hall–Kier alpha value is -6.62. The fraction of sp³-hybridized carbons (Fsp3) is 0.0526. The molecule has 7 rings (SSSR count). The predicted octanol–water partition coefficient (Wildman–Crippen LogP) is 8.88. The van der Waals surface area contributed by atoms with Gasteiger partial charge in [-0.15, -0.1) is 0 Å². The van der Waals surface area contributed by atoms with Crippen LogP contribution in [0.5, 0.6) is 0 Å². The molecule has 7 aromatic rings. The van der Waals surface area contributed by atoms with Gasteiger partial charge >= 0.3 is 0 Å². The zero-order valence-corrected chi connectivity index (χ0v) is 24.4. The van der Waals surface area contributed by atoms with Gasteiger partial charge in [0.25, 0.3) is 0 Å². The summed E-state index contributed by atoms with van der Waals surface area (Å²) in [5.74, 6) is 1.76. The van der Waals surface area contributed by atoms with Crippen molar-refractivity contribution >= 4 is 27.5 Å². The van der Waals surface area contributed by atoms with E-state index in [1.165, 1.54) is 0 Å². The molecule has 0 fully saturated rings. The molecule has 210 valence electrons. The Morgan fingerprint density at radius 1 is 0.622 bits per heavy atom. The summed E-state index contributed by atoms with van der Waals surface area (Å²) in [5.41, 5.74) is 8.26. The first-order valence-corrected chi connectivity index (χ1v) is 14.3.